The van der Waals surface area contributed by atoms with Gasteiger partial charge in [-0.05, 0) is 43.0 Å². The Hall–Kier alpha value is -1.50. The molecule has 1 aromatic rings. The van der Waals surface area contributed by atoms with Crippen molar-refractivity contribution in [3.63, 3.8) is 0 Å². The highest BCUT2D eigenvalue weighted by Gasteiger charge is 2.08. The highest BCUT2D eigenvalue weighted by atomic mass is 16.5. The first-order valence-electron chi connectivity index (χ1n) is 7.04. The van der Waals surface area contributed by atoms with Crippen LogP contribution in [0.3, 0.4) is 0 Å². The largest absolute Gasteiger partial charge is 0.497 e. The van der Waals surface area contributed by atoms with E-state index in [2.05, 4.69) is 32.6 Å². The van der Waals surface area contributed by atoms with E-state index in [-0.39, 0.29) is 6.10 Å². The molecule has 0 radical (unpaired) electrons. The summed E-state index contributed by atoms with van der Waals surface area (Å²) in [5.41, 5.74) is 7.42. The van der Waals surface area contributed by atoms with Crippen molar-refractivity contribution in [1.29, 1.82) is 0 Å². The minimum Gasteiger partial charge on any atom is -0.497 e. The SMILES string of the molecule is COc1ccc(C#CCN)c(COC(C)CC(C)C)c1. The number of benzene rings is 1. The Morgan fingerprint density at radius 2 is 2.00 bits per heavy atom. The molecular formula is C17H25NO2. The van der Waals surface area contributed by atoms with Crippen molar-refractivity contribution in [2.75, 3.05) is 13.7 Å². The predicted molar refractivity (Wildman–Crippen MR) is 82.6 cm³/mol. The van der Waals surface area contributed by atoms with E-state index in [0.29, 0.717) is 19.1 Å². The Kier molecular flexibility index (Phi) is 7.14. The maximum atomic E-state index is 5.90. The van der Waals surface area contributed by atoms with E-state index in [4.69, 9.17) is 15.2 Å². The van der Waals surface area contributed by atoms with Gasteiger partial charge in [-0.25, -0.2) is 0 Å². The van der Waals surface area contributed by atoms with Crippen LogP contribution >= 0.6 is 0 Å². The number of hydrogen-bond donors (Lipinski definition) is 1. The Morgan fingerprint density at radius 3 is 2.60 bits per heavy atom. The van der Waals surface area contributed by atoms with Crippen molar-refractivity contribution in [3.05, 3.63) is 29.3 Å². The topological polar surface area (TPSA) is 44.5 Å². The molecule has 20 heavy (non-hydrogen) atoms. The van der Waals surface area contributed by atoms with Crippen LogP contribution in [0.1, 0.15) is 38.3 Å². The van der Waals surface area contributed by atoms with Crippen LogP contribution in [0.15, 0.2) is 18.2 Å². The summed E-state index contributed by atoms with van der Waals surface area (Å²) < 4.78 is 11.2. The molecule has 0 aliphatic rings. The van der Waals surface area contributed by atoms with Crippen LogP contribution in [-0.4, -0.2) is 19.8 Å². The molecule has 3 heteroatoms. The normalized spacial score (nSPS) is 11.9. The summed E-state index contributed by atoms with van der Waals surface area (Å²) in [4.78, 5) is 0. The fourth-order valence-corrected chi connectivity index (χ4v) is 2.05. The highest BCUT2D eigenvalue weighted by Crippen LogP contribution is 2.19. The minimum absolute atomic E-state index is 0.233. The summed E-state index contributed by atoms with van der Waals surface area (Å²) >= 11 is 0. The predicted octanol–water partition coefficient (Wildman–Crippen LogP) is 2.96. The molecule has 1 aromatic carbocycles. The third kappa shape index (κ3) is 5.64. The summed E-state index contributed by atoms with van der Waals surface area (Å²) in [6.07, 6.45) is 1.28. The zero-order valence-corrected chi connectivity index (χ0v) is 12.9. The van der Waals surface area contributed by atoms with Gasteiger partial charge in [-0.15, -0.1) is 0 Å². The fraction of sp³-hybridized carbons (Fsp3) is 0.529. The molecule has 3 nitrogen and oxygen atoms in total. The van der Waals surface area contributed by atoms with Gasteiger partial charge in [-0.2, -0.15) is 0 Å². The maximum absolute atomic E-state index is 5.90. The lowest BCUT2D eigenvalue weighted by molar-refractivity contribution is 0.0395. The summed E-state index contributed by atoms with van der Waals surface area (Å²) in [6, 6.07) is 5.83. The monoisotopic (exact) mass is 275 g/mol. The lowest BCUT2D eigenvalue weighted by Gasteiger charge is -2.16. The van der Waals surface area contributed by atoms with Crippen LogP contribution in [0.4, 0.5) is 0 Å². The van der Waals surface area contributed by atoms with Gasteiger partial charge in [-0.3, -0.25) is 0 Å². The van der Waals surface area contributed by atoms with Crippen LogP contribution in [0.2, 0.25) is 0 Å². The molecule has 2 N–H and O–H groups in total. The van der Waals surface area contributed by atoms with E-state index >= 15 is 0 Å². The molecule has 1 atom stereocenters. The van der Waals surface area contributed by atoms with Gasteiger partial charge >= 0.3 is 0 Å². The third-order valence-electron chi connectivity index (χ3n) is 2.96. The lowest BCUT2D eigenvalue weighted by atomic mass is 10.1. The van der Waals surface area contributed by atoms with Crippen molar-refractivity contribution in [1.82, 2.24) is 0 Å². The lowest BCUT2D eigenvalue weighted by Crippen LogP contribution is -2.11. The van der Waals surface area contributed by atoms with Crippen molar-refractivity contribution in [3.8, 4) is 17.6 Å². The Morgan fingerprint density at radius 1 is 1.25 bits per heavy atom. The highest BCUT2D eigenvalue weighted by molar-refractivity contribution is 5.45. The molecule has 0 aliphatic carbocycles. The van der Waals surface area contributed by atoms with Gasteiger partial charge in [-0.1, -0.05) is 25.7 Å². The van der Waals surface area contributed by atoms with Crippen molar-refractivity contribution in [2.45, 2.75) is 39.9 Å². The number of nitrogens with two attached hydrogens (primary N) is 1. The van der Waals surface area contributed by atoms with Gasteiger partial charge < -0.3 is 15.2 Å². The molecule has 0 amide bonds. The maximum Gasteiger partial charge on any atom is 0.119 e. The number of rotatable bonds is 6. The van der Waals surface area contributed by atoms with Crippen LogP contribution < -0.4 is 10.5 Å². The second-order valence-electron chi connectivity index (χ2n) is 5.28. The zero-order chi connectivity index (χ0) is 15.0. The Balaban J connectivity index is 2.79. The molecule has 0 bridgehead atoms. The first-order valence-corrected chi connectivity index (χ1v) is 7.04. The van der Waals surface area contributed by atoms with Gasteiger partial charge in [0.05, 0.1) is 26.4 Å². The summed E-state index contributed by atoms with van der Waals surface area (Å²) in [5.74, 6) is 7.41. The molecule has 0 saturated carbocycles. The summed E-state index contributed by atoms with van der Waals surface area (Å²) in [6.45, 7) is 7.40. The molecule has 110 valence electrons. The van der Waals surface area contributed by atoms with E-state index in [1.54, 1.807) is 7.11 Å². The Bertz CT molecular complexity index is 472. The van der Waals surface area contributed by atoms with Crippen molar-refractivity contribution >= 4 is 0 Å². The van der Waals surface area contributed by atoms with Gasteiger partial charge in [0.15, 0.2) is 0 Å². The molecule has 1 unspecified atom stereocenters. The average Bonchev–Trinajstić information content (AvgIpc) is 2.42. The fourth-order valence-electron chi connectivity index (χ4n) is 2.05. The first-order chi connectivity index (χ1) is 9.56. The molecule has 0 aromatic heterocycles. The van der Waals surface area contributed by atoms with Crippen LogP contribution in [0.5, 0.6) is 5.75 Å². The molecule has 0 aliphatic heterocycles. The van der Waals surface area contributed by atoms with E-state index in [0.717, 1.165) is 23.3 Å². The number of ether oxygens (including phenoxy) is 2. The average molecular weight is 275 g/mol. The molecule has 0 heterocycles. The molecular weight excluding hydrogens is 250 g/mol. The van der Waals surface area contributed by atoms with Crippen molar-refractivity contribution < 1.29 is 9.47 Å². The minimum atomic E-state index is 0.233. The number of hydrogen-bond acceptors (Lipinski definition) is 3. The zero-order valence-electron chi connectivity index (χ0n) is 12.9. The van der Waals surface area contributed by atoms with Crippen LogP contribution in [-0.2, 0) is 11.3 Å². The summed E-state index contributed by atoms with van der Waals surface area (Å²) in [5, 5.41) is 0. The number of methoxy groups -OCH3 is 1. The van der Waals surface area contributed by atoms with Gasteiger partial charge in [0.2, 0.25) is 0 Å². The smallest absolute Gasteiger partial charge is 0.119 e. The third-order valence-corrected chi connectivity index (χ3v) is 2.96. The van der Waals surface area contributed by atoms with Gasteiger partial charge in [0, 0.05) is 5.56 Å². The van der Waals surface area contributed by atoms with Gasteiger partial charge in [0.25, 0.3) is 0 Å². The quantitative estimate of drug-likeness (QED) is 0.812. The van der Waals surface area contributed by atoms with E-state index < -0.39 is 0 Å². The molecule has 0 spiro atoms. The molecule has 0 saturated heterocycles. The standard InChI is InChI=1S/C17H25NO2/c1-13(2)10-14(3)20-12-16-11-17(19-4)8-7-15(16)6-5-9-18/h7-8,11,13-14H,9-10,12,18H2,1-4H3. The van der Waals surface area contributed by atoms with Crippen molar-refractivity contribution in [2.24, 2.45) is 11.7 Å². The van der Waals surface area contributed by atoms with E-state index in [1.165, 1.54) is 0 Å². The van der Waals surface area contributed by atoms with Crippen LogP contribution in [0, 0.1) is 17.8 Å². The molecule has 0 fully saturated rings. The second-order valence-corrected chi connectivity index (χ2v) is 5.28. The van der Waals surface area contributed by atoms with Gasteiger partial charge in [0.1, 0.15) is 5.75 Å². The van der Waals surface area contributed by atoms with Crippen LogP contribution in [0.25, 0.3) is 0 Å². The first kappa shape index (κ1) is 16.6. The van der Waals surface area contributed by atoms with E-state index in [9.17, 15) is 0 Å². The summed E-state index contributed by atoms with van der Waals surface area (Å²) in [7, 11) is 1.66. The Labute approximate surface area is 122 Å². The van der Waals surface area contributed by atoms with E-state index in [1.807, 2.05) is 18.2 Å². The second kappa shape index (κ2) is 8.63. The molecule has 1 rings (SSSR count).